The van der Waals surface area contributed by atoms with E-state index in [1.165, 1.54) is 0 Å². The molecule has 0 radical (unpaired) electrons. The Morgan fingerprint density at radius 2 is 2.27 bits per heavy atom. The van der Waals surface area contributed by atoms with E-state index in [2.05, 4.69) is 11.4 Å². The summed E-state index contributed by atoms with van der Waals surface area (Å²) < 4.78 is 0. The second kappa shape index (κ2) is 3.81. The summed E-state index contributed by atoms with van der Waals surface area (Å²) >= 11 is 0. The predicted molar refractivity (Wildman–Crippen MR) is 40.0 cm³/mol. The molecule has 0 aliphatic rings. The molecule has 1 amide bonds. The Bertz CT molecular complexity index is 181. The van der Waals surface area contributed by atoms with Gasteiger partial charge in [0.25, 0.3) is 0 Å². The zero-order valence-corrected chi connectivity index (χ0v) is 6.72. The molecule has 0 saturated carbocycles. The number of nitrogens with one attached hydrogen (secondary N) is 1. The first kappa shape index (κ1) is 9.76. The van der Waals surface area contributed by atoms with Gasteiger partial charge in [0.1, 0.15) is 0 Å². The van der Waals surface area contributed by atoms with Gasteiger partial charge in [0, 0.05) is 6.54 Å². The summed E-state index contributed by atoms with van der Waals surface area (Å²) in [4.78, 5) is 9.98. The van der Waals surface area contributed by atoms with Crippen LogP contribution in [-0.4, -0.2) is 17.7 Å². The Hall–Kier alpha value is -1.24. The van der Waals surface area contributed by atoms with E-state index in [1.54, 1.807) is 13.8 Å². The average Bonchev–Trinajstić information content (AvgIpc) is 1.87. The lowest BCUT2D eigenvalue weighted by atomic mass is 9.92. The van der Waals surface area contributed by atoms with E-state index < -0.39 is 11.5 Å². The maximum Gasteiger partial charge on any atom is 0.404 e. The first-order valence-corrected chi connectivity index (χ1v) is 3.36. The van der Waals surface area contributed by atoms with E-state index in [0.717, 1.165) is 0 Å². The molecule has 4 nitrogen and oxygen atoms in total. The first-order valence-electron chi connectivity index (χ1n) is 3.36. The molecule has 11 heavy (non-hydrogen) atoms. The molecule has 2 N–H and O–H groups in total. The lowest BCUT2D eigenvalue weighted by Crippen LogP contribution is -2.25. The number of amides is 1. The maximum absolute atomic E-state index is 9.98. The highest BCUT2D eigenvalue weighted by molar-refractivity contribution is 5.64. The third kappa shape index (κ3) is 5.22. The summed E-state index contributed by atoms with van der Waals surface area (Å²) in [5, 5.41) is 18.9. The molecule has 0 rings (SSSR count). The number of nitrogens with zero attached hydrogens (tertiary/aromatic N) is 1. The lowest BCUT2D eigenvalue weighted by Gasteiger charge is -2.13. The molecule has 0 heterocycles. The number of carboxylic acid groups (broad SMARTS) is 1. The minimum atomic E-state index is -1.04. The Kier molecular flexibility index (Phi) is 3.38. The number of nitriles is 1. The SMILES string of the molecule is CC(C)(C#N)CCNC(=O)O. The van der Waals surface area contributed by atoms with Gasteiger partial charge in [-0.1, -0.05) is 0 Å². The van der Waals surface area contributed by atoms with E-state index in [1.807, 2.05) is 0 Å². The van der Waals surface area contributed by atoms with Gasteiger partial charge in [-0.3, -0.25) is 0 Å². The number of hydrogen-bond donors (Lipinski definition) is 2. The molecule has 0 aliphatic carbocycles. The minimum Gasteiger partial charge on any atom is -0.465 e. The molecule has 0 fully saturated rings. The van der Waals surface area contributed by atoms with Gasteiger partial charge < -0.3 is 10.4 Å². The Morgan fingerprint density at radius 3 is 2.64 bits per heavy atom. The molecule has 0 atom stereocenters. The number of hydrogen-bond acceptors (Lipinski definition) is 2. The maximum atomic E-state index is 9.98. The van der Waals surface area contributed by atoms with Crippen molar-refractivity contribution in [3.05, 3.63) is 0 Å². The zero-order valence-electron chi connectivity index (χ0n) is 6.72. The van der Waals surface area contributed by atoms with Crippen LogP contribution in [0.2, 0.25) is 0 Å². The van der Waals surface area contributed by atoms with Gasteiger partial charge >= 0.3 is 6.09 Å². The van der Waals surface area contributed by atoms with Crippen LogP contribution in [0.5, 0.6) is 0 Å². The van der Waals surface area contributed by atoms with Crippen molar-refractivity contribution in [3.63, 3.8) is 0 Å². The average molecular weight is 156 g/mol. The molecule has 0 saturated heterocycles. The smallest absolute Gasteiger partial charge is 0.404 e. The fourth-order valence-electron chi connectivity index (χ4n) is 0.538. The van der Waals surface area contributed by atoms with Gasteiger partial charge in [0.05, 0.1) is 11.5 Å². The molecular weight excluding hydrogens is 144 g/mol. The molecule has 62 valence electrons. The van der Waals surface area contributed by atoms with Crippen molar-refractivity contribution in [3.8, 4) is 6.07 Å². The zero-order chi connectivity index (χ0) is 8.91. The molecule has 4 heteroatoms. The highest BCUT2D eigenvalue weighted by atomic mass is 16.4. The summed E-state index contributed by atoms with van der Waals surface area (Å²) in [6.07, 6.45) is -0.505. The third-order valence-electron chi connectivity index (χ3n) is 1.33. The highest BCUT2D eigenvalue weighted by Crippen LogP contribution is 2.16. The highest BCUT2D eigenvalue weighted by Gasteiger charge is 2.15. The molecule has 0 bridgehead atoms. The van der Waals surface area contributed by atoms with Crippen molar-refractivity contribution >= 4 is 6.09 Å². The number of carbonyl (C=O) groups is 1. The van der Waals surface area contributed by atoms with Crippen LogP contribution in [0, 0.1) is 16.7 Å². The standard InChI is InChI=1S/C7H12N2O2/c1-7(2,5-8)3-4-9-6(10)11/h9H,3-4H2,1-2H3,(H,10,11). The van der Waals surface area contributed by atoms with Crippen molar-refractivity contribution in [2.75, 3.05) is 6.54 Å². The van der Waals surface area contributed by atoms with Crippen LogP contribution < -0.4 is 5.32 Å². The lowest BCUT2D eigenvalue weighted by molar-refractivity contribution is 0.193. The predicted octanol–water partition coefficient (Wildman–Crippen LogP) is 1.19. The van der Waals surface area contributed by atoms with Crippen molar-refractivity contribution in [1.29, 1.82) is 5.26 Å². The molecule has 0 aliphatic heterocycles. The normalized spacial score (nSPS) is 10.3. The topological polar surface area (TPSA) is 73.1 Å². The first-order chi connectivity index (χ1) is 4.98. The minimum absolute atomic E-state index is 0.329. The second-order valence-electron chi connectivity index (χ2n) is 2.98. The van der Waals surface area contributed by atoms with Crippen molar-refractivity contribution < 1.29 is 9.90 Å². The molecule has 0 spiro atoms. The summed E-state index contributed by atoms with van der Waals surface area (Å²) in [7, 11) is 0. The van der Waals surface area contributed by atoms with Gasteiger partial charge in [0.15, 0.2) is 0 Å². The second-order valence-corrected chi connectivity index (χ2v) is 2.98. The van der Waals surface area contributed by atoms with Crippen molar-refractivity contribution in [2.45, 2.75) is 20.3 Å². The summed E-state index contributed by atoms with van der Waals surface area (Å²) in [5.74, 6) is 0. The van der Waals surface area contributed by atoms with Gasteiger partial charge in [0.2, 0.25) is 0 Å². The fraction of sp³-hybridized carbons (Fsp3) is 0.714. The Balaban J connectivity index is 3.56. The summed E-state index contributed by atoms with van der Waals surface area (Å²) in [6.45, 7) is 3.88. The molecule has 0 unspecified atom stereocenters. The van der Waals surface area contributed by atoms with E-state index >= 15 is 0 Å². The van der Waals surface area contributed by atoms with Crippen LogP contribution in [0.3, 0.4) is 0 Å². The molecule has 0 aromatic heterocycles. The van der Waals surface area contributed by atoms with E-state index in [0.29, 0.717) is 13.0 Å². The fourth-order valence-corrected chi connectivity index (χ4v) is 0.538. The van der Waals surface area contributed by atoms with Gasteiger partial charge in [-0.2, -0.15) is 5.26 Å². The van der Waals surface area contributed by atoms with Gasteiger partial charge in [-0.15, -0.1) is 0 Å². The Morgan fingerprint density at radius 1 is 1.73 bits per heavy atom. The van der Waals surface area contributed by atoms with Crippen LogP contribution in [0.4, 0.5) is 4.79 Å². The van der Waals surface area contributed by atoms with Crippen LogP contribution in [-0.2, 0) is 0 Å². The van der Waals surface area contributed by atoms with Crippen molar-refractivity contribution in [1.82, 2.24) is 5.32 Å². The monoisotopic (exact) mass is 156 g/mol. The van der Waals surface area contributed by atoms with Gasteiger partial charge in [-0.05, 0) is 20.3 Å². The van der Waals surface area contributed by atoms with Crippen LogP contribution in [0.1, 0.15) is 20.3 Å². The van der Waals surface area contributed by atoms with E-state index in [4.69, 9.17) is 10.4 Å². The quantitative estimate of drug-likeness (QED) is 0.644. The van der Waals surface area contributed by atoms with Crippen LogP contribution >= 0.6 is 0 Å². The van der Waals surface area contributed by atoms with E-state index in [9.17, 15) is 4.79 Å². The molecule has 0 aromatic carbocycles. The Labute approximate surface area is 65.8 Å². The molecular formula is C7H12N2O2. The largest absolute Gasteiger partial charge is 0.465 e. The van der Waals surface area contributed by atoms with Gasteiger partial charge in [-0.25, -0.2) is 4.79 Å². The van der Waals surface area contributed by atoms with Crippen LogP contribution in [0.15, 0.2) is 0 Å². The molecule has 0 aromatic rings. The number of rotatable bonds is 3. The summed E-state index contributed by atoms with van der Waals surface area (Å²) in [6, 6.07) is 2.08. The van der Waals surface area contributed by atoms with Crippen LogP contribution in [0.25, 0.3) is 0 Å². The summed E-state index contributed by atoms with van der Waals surface area (Å²) in [5.41, 5.74) is -0.442. The van der Waals surface area contributed by atoms with E-state index in [-0.39, 0.29) is 0 Å². The third-order valence-corrected chi connectivity index (χ3v) is 1.33. The van der Waals surface area contributed by atoms with Crippen molar-refractivity contribution in [2.24, 2.45) is 5.41 Å².